The quantitative estimate of drug-likeness (QED) is 0.736. The van der Waals surface area contributed by atoms with Gasteiger partial charge in [0.05, 0.1) is 6.10 Å². The lowest BCUT2D eigenvalue weighted by Gasteiger charge is -2.17. The molecular formula is C12H33NO5S. The van der Waals surface area contributed by atoms with Gasteiger partial charge in [-0.1, -0.05) is 36.6 Å². The number of hydrogen-bond acceptors (Lipinski definition) is 4. The molecule has 0 aliphatic rings. The van der Waals surface area contributed by atoms with Crippen LogP contribution in [0, 0.1) is 5.92 Å². The van der Waals surface area contributed by atoms with Gasteiger partial charge in [-0.25, -0.2) is 4.72 Å². The molecule has 0 aromatic heterocycles. The molecule has 0 heterocycles. The summed E-state index contributed by atoms with van der Waals surface area (Å²) >= 11 is 0. The molecule has 0 bridgehead atoms. The molecule has 2 N–H and O–H groups in total. The van der Waals surface area contributed by atoms with Crippen LogP contribution in [0.25, 0.3) is 0 Å². The van der Waals surface area contributed by atoms with Crippen LogP contribution < -0.4 is 4.72 Å². The zero-order valence-corrected chi connectivity index (χ0v) is 9.87. The van der Waals surface area contributed by atoms with Crippen molar-refractivity contribution in [2.24, 2.45) is 5.92 Å². The summed E-state index contributed by atoms with van der Waals surface area (Å²) < 4.78 is 35.8. The molecule has 1 amide bonds. The van der Waals surface area contributed by atoms with Crippen LogP contribution in [0.15, 0.2) is 0 Å². The molecule has 0 aliphatic heterocycles. The monoisotopic (exact) mass is 303 g/mol. The van der Waals surface area contributed by atoms with Crippen molar-refractivity contribution in [2.45, 2.75) is 62.5 Å². The maximum absolute atomic E-state index is 11.3. The fourth-order valence-electron chi connectivity index (χ4n) is 1.17. The van der Waals surface area contributed by atoms with E-state index in [-0.39, 0.29) is 35.8 Å². The Labute approximate surface area is 119 Å². The Morgan fingerprint density at radius 3 is 1.95 bits per heavy atom. The molecule has 0 radical (unpaired) electrons. The summed E-state index contributed by atoms with van der Waals surface area (Å²) in [5, 5.41) is 0. The standard InChI is InChI=1S/C8H17NO5S.4CH4/c1-4-7(5-6(2)14-3)8(10)9-15(11,12)13;;;;/h6-7H,4-5H2,1-3H3,(H,9,10)(H,11,12,13);4*1H4. The number of rotatable bonds is 6. The minimum atomic E-state index is -4.46. The van der Waals surface area contributed by atoms with Crippen molar-refractivity contribution in [1.29, 1.82) is 0 Å². The first-order chi connectivity index (χ1) is 6.80. The summed E-state index contributed by atoms with van der Waals surface area (Å²) in [7, 11) is -2.95. The molecule has 0 spiro atoms. The molecule has 19 heavy (non-hydrogen) atoms. The van der Waals surface area contributed by atoms with Crippen molar-refractivity contribution in [1.82, 2.24) is 4.72 Å². The lowest BCUT2D eigenvalue weighted by Crippen LogP contribution is -2.36. The highest BCUT2D eigenvalue weighted by Crippen LogP contribution is 2.13. The van der Waals surface area contributed by atoms with E-state index >= 15 is 0 Å². The Balaban J connectivity index is -0.000000163. The van der Waals surface area contributed by atoms with Gasteiger partial charge >= 0.3 is 10.3 Å². The Morgan fingerprint density at radius 1 is 1.26 bits per heavy atom. The van der Waals surface area contributed by atoms with Gasteiger partial charge in [0.25, 0.3) is 0 Å². The molecule has 2 atom stereocenters. The normalized spacial score (nSPS) is 12.4. The maximum atomic E-state index is 11.3. The fourth-order valence-corrected chi connectivity index (χ4v) is 1.59. The molecule has 122 valence electrons. The van der Waals surface area contributed by atoms with E-state index in [1.165, 1.54) is 11.8 Å². The molecule has 0 saturated heterocycles. The fraction of sp³-hybridized carbons (Fsp3) is 0.917. The Hall–Kier alpha value is -0.660. The van der Waals surface area contributed by atoms with E-state index in [0.717, 1.165) is 0 Å². The lowest BCUT2D eigenvalue weighted by molar-refractivity contribution is -0.124. The first-order valence-corrected chi connectivity index (χ1v) is 6.06. The van der Waals surface area contributed by atoms with Crippen molar-refractivity contribution in [3.8, 4) is 0 Å². The molecule has 0 aliphatic carbocycles. The van der Waals surface area contributed by atoms with Gasteiger partial charge in [0.15, 0.2) is 0 Å². The van der Waals surface area contributed by atoms with Crippen LogP contribution in [-0.4, -0.2) is 32.1 Å². The number of ether oxygens (including phenoxy) is 1. The number of carbonyl (C=O) groups excluding carboxylic acids is 1. The third kappa shape index (κ3) is 15.3. The van der Waals surface area contributed by atoms with Gasteiger partial charge in [0, 0.05) is 13.0 Å². The highest BCUT2D eigenvalue weighted by Gasteiger charge is 2.22. The second-order valence-electron chi connectivity index (χ2n) is 3.33. The topological polar surface area (TPSA) is 92.7 Å². The Bertz CT molecular complexity index is 303. The molecule has 0 saturated carbocycles. The predicted molar refractivity (Wildman–Crippen MR) is 81.5 cm³/mol. The minimum Gasteiger partial charge on any atom is -0.382 e. The lowest BCUT2D eigenvalue weighted by atomic mass is 9.99. The Kier molecular flexibility index (Phi) is 22.4. The largest absolute Gasteiger partial charge is 0.382 e. The summed E-state index contributed by atoms with van der Waals surface area (Å²) in [5.74, 6) is -1.19. The van der Waals surface area contributed by atoms with Crippen molar-refractivity contribution in [3.63, 3.8) is 0 Å². The van der Waals surface area contributed by atoms with Gasteiger partial charge in [0.1, 0.15) is 0 Å². The van der Waals surface area contributed by atoms with Gasteiger partial charge in [-0.15, -0.1) is 0 Å². The average Bonchev–Trinajstić information content (AvgIpc) is 2.10. The smallest absolute Gasteiger partial charge is 0.359 e. The first-order valence-electron chi connectivity index (χ1n) is 4.62. The van der Waals surface area contributed by atoms with Gasteiger partial charge in [-0.2, -0.15) is 8.42 Å². The highest BCUT2D eigenvalue weighted by atomic mass is 32.2. The summed E-state index contributed by atoms with van der Waals surface area (Å²) in [6.45, 7) is 3.54. The van der Waals surface area contributed by atoms with E-state index < -0.39 is 22.1 Å². The van der Waals surface area contributed by atoms with E-state index in [0.29, 0.717) is 12.8 Å². The Morgan fingerprint density at radius 2 is 1.68 bits per heavy atom. The molecule has 0 fully saturated rings. The molecule has 0 rings (SSSR count). The first kappa shape index (κ1) is 31.0. The molecule has 7 heteroatoms. The second kappa shape index (κ2) is 13.8. The van der Waals surface area contributed by atoms with Crippen molar-refractivity contribution >= 4 is 16.2 Å². The SMILES string of the molecule is C.C.C.C.CCC(CC(C)OC)C(=O)NS(=O)(=O)O. The summed E-state index contributed by atoms with van der Waals surface area (Å²) in [6, 6.07) is 0. The molecule has 2 unspecified atom stereocenters. The maximum Gasteiger partial charge on any atom is 0.359 e. The van der Waals surface area contributed by atoms with Crippen LogP contribution in [0.4, 0.5) is 0 Å². The van der Waals surface area contributed by atoms with E-state index in [4.69, 9.17) is 9.29 Å². The molecule has 0 aromatic rings. The number of hydrogen-bond donors (Lipinski definition) is 2. The molecular weight excluding hydrogens is 270 g/mol. The van der Waals surface area contributed by atoms with Gasteiger partial charge < -0.3 is 4.74 Å². The summed E-state index contributed by atoms with van der Waals surface area (Å²) in [5.41, 5.74) is 0. The second-order valence-corrected chi connectivity index (χ2v) is 4.48. The van der Waals surface area contributed by atoms with Crippen molar-refractivity contribution < 1.29 is 22.5 Å². The van der Waals surface area contributed by atoms with Crippen LogP contribution in [0.1, 0.15) is 56.4 Å². The van der Waals surface area contributed by atoms with E-state index in [9.17, 15) is 13.2 Å². The van der Waals surface area contributed by atoms with E-state index in [1.807, 2.05) is 0 Å². The number of methoxy groups -OCH3 is 1. The van der Waals surface area contributed by atoms with Crippen LogP contribution >= 0.6 is 0 Å². The summed E-state index contributed by atoms with van der Waals surface area (Å²) in [4.78, 5) is 11.3. The van der Waals surface area contributed by atoms with Gasteiger partial charge in [0.2, 0.25) is 5.91 Å². The van der Waals surface area contributed by atoms with E-state index in [2.05, 4.69) is 0 Å². The van der Waals surface area contributed by atoms with Crippen LogP contribution in [0.5, 0.6) is 0 Å². The average molecular weight is 303 g/mol. The van der Waals surface area contributed by atoms with Crippen LogP contribution in [-0.2, 0) is 19.8 Å². The van der Waals surface area contributed by atoms with Crippen LogP contribution in [0.2, 0.25) is 0 Å². The van der Waals surface area contributed by atoms with Crippen molar-refractivity contribution in [3.05, 3.63) is 0 Å². The molecule has 0 aromatic carbocycles. The van der Waals surface area contributed by atoms with Gasteiger partial charge in [-0.3, -0.25) is 9.35 Å². The minimum absolute atomic E-state index is 0. The summed E-state index contributed by atoms with van der Waals surface area (Å²) in [6.07, 6.45) is 0.755. The zero-order valence-electron chi connectivity index (χ0n) is 9.06. The molecule has 6 nitrogen and oxygen atoms in total. The van der Waals surface area contributed by atoms with Crippen LogP contribution in [0.3, 0.4) is 0 Å². The highest BCUT2D eigenvalue weighted by molar-refractivity contribution is 7.84. The number of carbonyl (C=O) groups is 1. The van der Waals surface area contributed by atoms with E-state index in [1.54, 1.807) is 13.8 Å². The third-order valence-electron chi connectivity index (χ3n) is 2.11. The predicted octanol–water partition coefficient (Wildman–Crippen LogP) is 2.90. The number of nitrogens with one attached hydrogen (secondary N) is 1. The third-order valence-corrected chi connectivity index (χ3v) is 2.57. The number of amides is 1. The zero-order chi connectivity index (χ0) is 12.1. The van der Waals surface area contributed by atoms with Crippen molar-refractivity contribution in [2.75, 3.05) is 7.11 Å². The van der Waals surface area contributed by atoms with Gasteiger partial charge in [-0.05, 0) is 19.8 Å².